The van der Waals surface area contributed by atoms with Crippen molar-refractivity contribution < 1.29 is 4.79 Å². The Labute approximate surface area is 122 Å². The molecule has 1 amide bonds. The van der Waals surface area contributed by atoms with Gasteiger partial charge in [0.15, 0.2) is 0 Å². The van der Waals surface area contributed by atoms with Crippen molar-refractivity contribution in [2.45, 2.75) is 57.9 Å². The lowest BCUT2D eigenvalue weighted by Crippen LogP contribution is -2.47. The van der Waals surface area contributed by atoms with Crippen molar-refractivity contribution in [3.8, 4) is 0 Å². The van der Waals surface area contributed by atoms with Gasteiger partial charge in [-0.2, -0.15) is 0 Å². The van der Waals surface area contributed by atoms with Gasteiger partial charge in [-0.3, -0.25) is 4.79 Å². The van der Waals surface area contributed by atoms with Gasteiger partial charge in [0.1, 0.15) is 0 Å². The fourth-order valence-corrected chi connectivity index (χ4v) is 3.25. The van der Waals surface area contributed by atoms with Crippen LogP contribution in [0.15, 0.2) is 18.2 Å². The zero-order valence-electron chi connectivity index (χ0n) is 12.9. The molecule has 1 fully saturated rings. The zero-order valence-corrected chi connectivity index (χ0v) is 12.9. The van der Waals surface area contributed by atoms with Crippen LogP contribution in [-0.4, -0.2) is 18.5 Å². The highest BCUT2D eigenvalue weighted by Crippen LogP contribution is 2.31. The molecule has 1 aliphatic carbocycles. The summed E-state index contributed by atoms with van der Waals surface area (Å²) < 4.78 is 0. The lowest BCUT2D eigenvalue weighted by Gasteiger charge is -2.36. The molecule has 2 N–H and O–H groups in total. The smallest absolute Gasteiger partial charge is 0.226 e. The van der Waals surface area contributed by atoms with E-state index >= 15 is 0 Å². The van der Waals surface area contributed by atoms with Crippen LogP contribution in [0.1, 0.15) is 49.7 Å². The predicted molar refractivity (Wildman–Crippen MR) is 84.0 cm³/mol. The van der Waals surface area contributed by atoms with Crippen LogP contribution in [-0.2, 0) is 4.79 Å². The van der Waals surface area contributed by atoms with Crippen LogP contribution >= 0.6 is 0 Å². The summed E-state index contributed by atoms with van der Waals surface area (Å²) >= 11 is 0. The van der Waals surface area contributed by atoms with Crippen molar-refractivity contribution in [2.75, 3.05) is 12.4 Å². The monoisotopic (exact) mass is 274 g/mol. The topological polar surface area (TPSA) is 41.1 Å². The Balaban J connectivity index is 2.05. The number of benzene rings is 1. The van der Waals surface area contributed by atoms with Crippen molar-refractivity contribution in [3.63, 3.8) is 0 Å². The number of hydrogen-bond acceptors (Lipinski definition) is 2. The molecular formula is C17H26N2O. The van der Waals surface area contributed by atoms with Crippen LogP contribution in [0.3, 0.4) is 0 Å². The predicted octanol–water partition coefficient (Wildman–Crippen LogP) is 3.55. The molecule has 3 nitrogen and oxygen atoms in total. The Morgan fingerprint density at radius 3 is 2.30 bits per heavy atom. The molecule has 0 heterocycles. The molecule has 2 rings (SSSR count). The highest BCUT2D eigenvalue weighted by atomic mass is 16.1. The minimum absolute atomic E-state index is 0.00107. The molecule has 20 heavy (non-hydrogen) atoms. The Kier molecular flexibility index (Phi) is 4.81. The number of anilines is 1. The van der Waals surface area contributed by atoms with Crippen molar-refractivity contribution in [1.82, 2.24) is 5.32 Å². The summed E-state index contributed by atoms with van der Waals surface area (Å²) in [4.78, 5) is 12.4. The van der Waals surface area contributed by atoms with E-state index in [1.807, 2.05) is 39.1 Å². The average Bonchev–Trinajstić information content (AvgIpc) is 2.44. The largest absolute Gasteiger partial charge is 0.326 e. The van der Waals surface area contributed by atoms with Gasteiger partial charge in [0.25, 0.3) is 0 Å². The number of amides is 1. The Morgan fingerprint density at radius 2 is 1.75 bits per heavy atom. The van der Waals surface area contributed by atoms with E-state index in [9.17, 15) is 4.79 Å². The SMILES string of the molecule is CNC1(CC(=O)Nc2c(C)cccc2C)CCCCC1. The standard InChI is InChI=1S/C17H26N2O/c1-13-8-7-9-14(2)16(13)19-15(20)12-17(18-3)10-5-4-6-11-17/h7-9,18H,4-6,10-12H2,1-3H3,(H,19,20). The van der Waals surface area contributed by atoms with Gasteiger partial charge < -0.3 is 10.6 Å². The van der Waals surface area contributed by atoms with Crippen LogP contribution in [0.2, 0.25) is 0 Å². The molecule has 0 aliphatic heterocycles. The number of carbonyl (C=O) groups is 1. The van der Waals surface area contributed by atoms with E-state index in [2.05, 4.69) is 10.6 Å². The molecule has 1 aliphatic rings. The van der Waals surface area contributed by atoms with Crippen LogP contribution in [0.25, 0.3) is 0 Å². The van der Waals surface area contributed by atoms with Crippen molar-refractivity contribution >= 4 is 11.6 Å². The molecule has 1 aromatic carbocycles. The molecular weight excluding hydrogens is 248 g/mol. The third-order valence-corrected chi connectivity index (χ3v) is 4.59. The fourth-order valence-electron chi connectivity index (χ4n) is 3.25. The van der Waals surface area contributed by atoms with Gasteiger partial charge in [0.05, 0.1) is 0 Å². The molecule has 3 heteroatoms. The zero-order chi connectivity index (χ0) is 14.6. The first kappa shape index (κ1) is 15.0. The molecule has 0 atom stereocenters. The minimum atomic E-state index is -0.00107. The molecule has 0 bridgehead atoms. The van der Waals surface area contributed by atoms with Gasteiger partial charge in [-0.15, -0.1) is 0 Å². The van der Waals surface area contributed by atoms with Gasteiger partial charge in [-0.25, -0.2) is 0 Å². The van der Waals surface area contributed by atoms with Crippen LogP contribution in [0, 0.1) is 13.8 Å². The third-order valence-electron chi connectivity index (χ3n) is 4.59. The van der Waals surface area contributed by atoms with Gasteiger partial charge in [-0.05, 0) is 44.9 Å². The second kappa shape index (κ2) is 6.40. The van der Waals surface area contributed by atoms with E-state index in [4.69, 9.17) is 0 Å². The quantitative estimate of drug-likeness (QED) is 0.881. The second-order valence-electron chi connectivity index (χ2n) is 6.08. The Bertz CT molecular complexity index is 456. The number of nitrogens with one attached hydrogen (secondary N) is 2. The highest BCUT2D eigenvalue weighted by Gasteiger charge is 2.32. The van der Waals surface area contributed by atoms with E-state index < -0.39 is 0 Å². The van der Waals surface area contributed by atoms with E-state index in [1.54, 1.807) is 0 Å². The summed E-state index contributed by atoms with van der Waals surface area (Å²) in [6, 6.07) is 6.10. The maximum Gasteiger partial charge on any atom is 0.226 e. The summed E-state index contributed by atoms with van der Waals surface area (Å²) in [5.74, 6) is 0.124. The van der Waals surface area contributed by atoms with Crippen molar-refractivity contribution in [3.05, 3.63) is 29.3 Å². The summed E-state index contributed by atoms with van der Waals surface area (Å²) in [5, 5.41) is 6.51. The summed E-state index contributed by atoms with van der Waals surface area (Å²) in [7, 11) is 1.98. The number of para-hydroxylation sites is 1. The van der Waals surface area contributed by atoms with E-state index in [-0.39, 0.29) is 11.4 Å². The molecule has 1 saturated carbocycles. The molecule has 110 valence electrons. The maximum absolute atomic E-state index is 12.4. The van der Waals surface area contributed by atoms with Gasteiger partial charge in [-0.1, -0.05) is 37.5 Å². The van der Waals surface area contributed by atoms with E-state index in [1.165, 1.54) is 19.3 Å². The van der Waals surface area contributed by atoms with Crippen LogP contribution < -0.4 is 10.6 Å². The summed E-state index contributed by atoms with van der Waals surface area (Å²) in [5.41, 5.74) is 3.22. The van der Waals surface area contributed by atoms with Gasteiger partial charge >= 0.3 is 0 Å². The lowest BCUT2D eigenvalue weighted by atomic mass is 9.79. The first-order chi connectivity index (χ1) is 9.56. The van der Waals surface area contributed by atoms with Gasteiger partial charge in [0.2, 0.25) is 5.91 Å². The van der Waals surface area contributed by atoms with E-state index in [0.717, 1.165) is 29.7 Å². The number of rotatable bonds is 4. The molecule has 0 saturated heterocycles. The fraction of sp³-hybridized carbons (Fsp3) is 0.588. The number of carbonyl (C=O) groups excluding carboxylic acids is 1. The minimum Gasteiger partial charge on any atom is -0.326 e. The highest BCUT2D eigenvalue weighted by molar-refractivity contribution is 5.93. The number of aryl methyl sites for hydroxylation is 2. The van der Waals surface area contributed by atoms with Crippen LogP contribution in [0.5, 0.6) is 0 Å². The molecule has 1 aromatic rings. The van der Waals surface area contributed by atoms with Crippen molar-refractivity contribution in [1.29, 1.82) is 0 Å². The van der Waals surface area contributed by atoms with E-state index in [0.29, 0.717) is 6.42 Å². The first-order valence-corrected chi connectivity index (χ1v) is 7.61. The van der Waals surface area contributed by atoms with Crippen molar-refractivity contribution in [2.24, 2.45) is 0 Å². The normalized spacial score (nSPS) is 17.8. The molecule has 0 radical (unpaired) electrons. The second-order valence-corrected chi connectivity index (χ2v) is 6.08. The third kappa shape index (κ3) is 3.40. The molecule has 0 unspecified atom stereocenters. The Morgan fingerprint density at radius 1 is 1.15 bits per heavy atom. The number of hydrogen-bond donors (Lipinski definition) is 2. The average molecular weight is 274 g/mol. The summed E-state index contributed by atoms with van der Waals surface area (Å²) in [6.07, 6.45) is 6.50. The Hall–Kier alpha value is -1.35. The lowest BCUT2D eigenvalue weighted by molar-refractivity contribution is -0.117. The maximum atomic E-state index is 12.4. The van der Waals surface area contributed by atoms with Gasteiger partial charge in [0, 0.05) is 17.6 Å². The first-order valence-electron chi connectivity index (χ1n) is 7.61. The summed E-state index contributed by atoms with van der Waals surface area (Å²) in [6.45, 7) is 4.08. The van der Waals surface area contributed by atoms with Crippen LogP contribution in [0.4, 0.5) is 5.69 Å². The molecule has 0 spiro atoms. The molecule has 0 aromatic heterocycles.